The zero-order valence-electron chi connectivity index (χ0n) is 15.3. The van der Waals surface area contributed by atoms with Crippen LogP contribution in [0.15, 0.2) is 24.3 Å². The number of para-hydroxylation sites is 1. The largest absolute Gasteiger partial charge is 0.496 e. The molecule has 2 N–H and O–H groups in total. The first-order chi connectivity index (χ1) is 12.6. The summed E-state index contributed by atoms with van der Waals surface area (Å²) in [6.07, 6.45) is 5.93. The smallest absolute Gasteiger partial charge is 0.224 e. The van der Waals surface area contributed by atoms with Crippen molar-refractivity contribution in [2.75, 3.05) is 13.7 Å². The van der Waals surface area contributed by atoms with E-state index >= 15 is 0 Å². The van der Waals surface area contributed by atoms with Crippen molar-refractivity contribution >= 4 is 11.8 Å². The third kappa shape index (κ3) is 6.07. The lowest BCUT2D eigenvalue weighted by molar-refractivity contribution is -0.124. The second-order valence-corrected chi connectivity index (χ2v) is 6.70. The van der Waals surface area contributed by atoms with Crippen molar-refractivity contribution in [1.29, 1.82) is 5.26 Å². The van der Waals surface area contributed by atoms with Crippen LogP contribution in [-0.4, -0.2) is 31.5 Å². The minimum absolute atomic E-state index is 0.00855. The fourth-order valence-corrected chi connectivity index (χ4v) is 3.56. The van der Waals surface area contributed by atoms with Crippen LogP contribution in [-0.2, 0) is 16.0 Å². The monoisotopic (exact) mass is 357 g/mol. The Morgan fingerprint density at radius 3 is 2.65 bits per heavy atom. The van der Waals surface area contributed by atoms with E-state index in [4.69, 9.17) is 10.00 Å². The number of rotatable bonds is 8. The van der Waals surface area contributed by atoms with Crippen molar-refractivity contribution in [2.24, 2.45) is 5.92 Å². The zero-order chi connectivity index (χ0) is 18.8. The number of carbonyl (C=O) groups is 2. The summed E-state index contributed by atoms with van der Waals surface area (Å²) in [7, 11) is 1.58. The Balaban J connectivity index is 2.01. The molecule has 6 nitrogen and oxygen atoms in total. The summed E-state index contributed by atoms with van der Waals surface area (Å²) >= 11 is 0. The van der Waals surface area contributed by atoms with E-state index in [1.54, 1.807) is 7.11 Å². The highest BCUT2D eigenvalue weighted by Gasteiger charge is 2.27. The number of benzene rings is 1. The number of hydrogen-bond donors (Lipinski definition) is 2. The molecule has 1 fully saturated rings. The summed E-state index contributed by atoms with van der Waals surface area (Å²) < 4.78 is 5.30. The van der Waals surface area contributed by atoms with Crippen molar-refractivity contribution < 1.29 is 14.3 Å². The first-order valence-electron chi connectivity index (χ1n) is 9.19. The van der Waals surface area contributed by atoms with Gasteiger partial charge in [0.1, 0.15) is 12.3 Å². The fraction of sp³-hybridized carbons (Fsp3) is 0.550. The molecule has 1 aromatic rings. The molecule has 1 atom stereocenters. The van der Waals surface area contributed by atoms with Crippen molar-refractivity contribution in [3.63, 3.8) is 0 Å². The van der Waals surface area contributed by atoms with E-state index in [-0.39, 0.29) is 37.2 Å². The molecule has 0 aromatic heterocycles. The Bertz CT molecular complexity index is 648. The fourth-order valence-electron chi connectivity index (χ4n) is 3.56. The Morgan fingerprint density at radius 2 is 1.96 bits per heavy atom. The van der Waals surface area contributed by atoms with E-state index in [0.29, 0.717) is 11.7 Å². The molecule has 1 aliphatic rings. The predicted molar refractivity (Wildman–Crippen MR) is 98.4 cm³/mol. The summed E-state index contributed by atoms with van der Waals surface area (Å²) in [4.78, 5) is 24.6. The maximum Gasteiger partial charge on any atom is 0.224 e. The molecule has 0 heterocycles. The van der Waals surface area contributed by atoms with Crippen molar-refractivity contribution in [2.45, 2.75) is 51.0 Å². The molecule has 0 saturated heterocycles. The number of hydrogen-bond acceptors (Lipinski definition) is 4. The minimum Gasteiger partial charge on any atom is -0.496 e. The Labute approximate surface area is 154 Å². The number of nitrogens with one attached hydrogen (secondary N) is 2. The first-order valence-corrected chi connectivity index (χ1v) is 9.19. The molecule has 1 aliphatic carbocycles. The Kier molecular flexibility index (Phi) is 7.94. The van der Waals surface area contributed by atoms with Gasteiger partial charge in [0.25, 0.3) is 0 Å². The van der Waals surface area contributed by atoms with Gasteiger partial charge < -0.3 is 15.4 Å². The second-order valence-electron chi connectivity index (χ2n) is 6.70. The summed E-state index contributed by atoms with van der Waals surface area (Å²) in [5, 5.41) is 14.2. The molecule has 1 saturated carbocycles. The van der Waals surface area contributed by atoms with Crippen molar-refractivity contribution in [3.8, 4) is 11.8 Å². The van der Waals surface area contributed by atoms with Gasteiger partial charge in [-0.2, -0.15) is 5.26 Å². The van der Waals surface area contributed by atoms with Crippen LogP contribution in [0.25, 0.3) is 0 Å². The Hall–Kier alpha value is -2.55. The lowest BCUT2D eigenvalue weighted by Gasteiger charge is -2.30. The maximum atomic E-state index is 12.6. The molecule has 0 radical (unpaired) electrons. The van der Waals surface area contributed by atoms with Crippen LogP contribution in [0.4, 0.5) is 0 Å². The zero-order valence-corrected chi connectivity index (χ0v) is 15.3. The molecule has 0 aliphatic heterocycles. The number of methoxy groups -OCH3 is 1. The van der Waals surface area contributed by atoms with Gasteiger partial charge in [-0.15, -0.1) is 0 Å². The van der Waals surface area contributed by atoms with Gasteiger partial charge in [-0.05, 0) is 24.8 Å². The highest BCUT2D eigenvalue weighted by atomic mass is 16.5. The first kappa shape index (κ1) is 19.8. The van der Waals surface area contributed by atoms with E-state index in [1.165, 1.54) is 6.42 Å². The molecule has 0 spiro atoms. The quantitative estimate of drug-likeness (QED) is 0.699. The van der Waals surface area contributed by atoms with Crippen LogP contribution < -0.4 is 15.4 Å². The number of nitrogens with zero attached hydrogens (tertiary/aromatic N) is 1. The van der Waals surface area contributed by atoms with Crippen molar-refractivity contribution in [1.82, 2.24) is 10.6 Å². The van der Waals surface area contributed by atoms with Crippen LogP contribution in [0.1, 0.15) is 44.1 Å². The van der Waals surface area contributed by atoms with Crippen molar-refractivity contribution in [3.05, 3.63) is 29.8 Å². The van der Waals surface area contributed by atoms with Gasteiger partial charge in [-0.25, -0.2) is 0 Å². The average molecular weight is 357 g/mol. The SMILES string of the molecule is COc1ccccc1CC(=O)NC(CC(=O)NCC#N)C1CCCCC1. The highest BCUT2D eigenvalue weighted by Crippen LogP contribution is 2.28. The van der Waals surface area contributed by atoms with Gasteiger partial charge in [0.05, 0.1) is 19.6 Å². The van der Waals surface area contributed by atoms with Gasteiger partial charge in [0.2, 0.25) is 11.8 Å². The van der Waals surface area contributed by atoms with E-state index in [9.17, 15) is 9.59 Å². The van der Waals surface area contributed by atoms with Gasteiger partial charge in [-0.3, -0.25) is 9.59 Å². The average Bonchev–Trinajstić information content (AvgIpc) is 2.67. The summed E-state index contributed by atoms with van der Waals surface area (Å²) in [5.74, 6) is 0.680. The molecule has 6 heteroatoms. The summed E-state index contributed by atoms with van der Waals surface area (Å²) in [6, 6.07) is 9.14. The predicted octanol–water partition coefficient (Wildman–Crippen LogP) is 2.33. The van der Waals surface area contributed by atoms with E-state index in [2.05, 4.69) is 10.6 Å². The molecule has 1 unspecified atom stereocenters. The van der Waals surface area contributed by atoms with E-state index in [1.807, 2.05) is 30.3 Å². The molecule has 1 aromatic carbocycles. The summed E-state index contributed by atoms with van der Waals surface area (Å²) in [6.45, 7) is -0.00855. The number of carbonyl (C=O) groups excluding carboxylic acids is 2. The van der Waals surface area contributed by atoms with Gasteiger partial charge in [0.15, 0.2) is 0 Å². The standard InChI is InChI=1S/C20H27N3O3/c1-26-18-10-6-5-9-16(18)13-20(25)23-17(14-19(24)22-12-11-21)15-7-3-2-4-8-15/h5-6,9-10,15,17H,2-4,7-8,12-14H2,1H3,(H,22,24)(H,23,25). The molecule has 26 heavy (non-hydrogen) atoms. The molecule has 2 rings (SSSR count). The van der Waals surface area contributed by atoms with Gasteiger partial charge in [-0.1, -0.05) is 37.5 Å². The third-order valence-electron chi connectivity index (χ3n) is 4.88. The maximum absolute atomic E-state index is 12.6. The molecule has 140 valence electrons. The third-order valence-corrected chi connectivity index (χ3v) is 4.88. The number of nitriles is 1. The minimum atomic E-state index is -0.198. The highest BCUT2D eigenvalue weighted by molar-refractivity contribution is 5.81. The van der Waals surface area contributed by atoms with Crippen LogP contribution in [0.3, 0.4) is 0 Å². The molecular formula is C20H27N3O3. The van der Waals surface area contributed by atoms with Gasteiger partial charge in [0, 0.05) is 18.0 Å². The van der Waals surface area contributed by atoms with Crippen LogP contribution in [0.2, 0.25) is 0 Å². The normalized spacial score (nSPS) is 15.5. The van der Waals surface area contributed by atoms with Gasteiger partial charge >= 0.3 is 0 Å². The lowest BCUT2D eigenvalue weighted by atomic mass is 9.82. The van der Waals surface area contributed by atoms with Crippen LogP contribution >= 0.6 is 0 Å². The van der Waals surface area contributed by atoms with Crippen LogP contribution in [0, 0.1) is 17.2 Å². The number of amides is 2. The van der Waals surface area contributed by atoms with E-state index in [0.717, 1.165) is 31.2 Å². The second kappa shape index (κ2) is 10.4. The molecular weight excluding hydrogens is 330 g/mol. The molecule has 2 amide bonds. The van der Waals surface area contributed by atoms with E-state index < -0.39 is 0 Å². The van der Waals surface area contributed by atoms with Crippen LogP contribution in [0.5, 0.6) is 5.75 Å². The molecule has 0 bridgehead atoms. The lowest BCUT2D eigenvalue weighted by Crippen LogP contribution is -2.45. The topological polar surface area (TPSA) is 91.2 Å². The summed E-state index contributed by atoms with van der Waals surface area (Å²) in [5.41, 5.74) is 0.823. The number of ether oxygens (including phenoxy) is 1. The Morgan fingerprint density at radius 1 is 1.23 bits per heavy atom.